The number of carbonyl (C=O) groups excluding carboxylic acids is 2. The van der Waals surface area contributed by atoms with Crippen molar-refractivity contribution in [2.75, 3.05) is 11.9 Å². The summed E-state index contributed by atoms with van der Waals surface area (Å²) in [5, 5.41) is 0.856. The number of benzene rings is 2. The molecule has 3 rings (SSSR count). The highest BCUT2D eigenvalue weighted by Gasteiger charge is 2.42. The van der Waals surface area contributed by atoms with Crippen LogP contribution in [0.15, 0.2) is 60.7 Å². The van der Waals surface area contributed by atoms with Gasteiger partial charge in [-0.25, -0.2) is 9.59 Å². The number of carbonyl (C=O) groups is 2. The standard InChI is InChI=1S/C22H24BrNO4/c23-14-8-7-13-19-21(25)27-16-20(18-11-5-2-6-12-18)24(19)22(26)28-15-17-9-3-1-4-10-17/h1-6,9-12,19-20H,7-8,13-16H2/t19-,20+/m1/s1. The topological polar surface area (TPSA) is 55.8 Å². The van der Waals surface area contributed by atoms with E-state index < -0.39 is 12.1 Å². The van der Waals surface area contributed by atoms with Crippen LogP contribution in [0.1, 0.15) is 36.4 Å². The predicted octanol–water partition coefficient (Wildman–Crippen LogP) is 4.86. The molecule has 148 valence electrons. The number of rotatable bonds is 7. The van der Waals surface area contributed by atoms with Gasteiger partial charge in [0.15, 0.2) is 0 Å². The smallest absolute Gasteiger partial charge is 0.411 e. The molecule has 1 saturated heterocycles. The summed E-state index contributed by atoms with van der Waals surface area (Å²) in [6.07, 6.45) is 1.80. The zero-order chi connectivity index (χ0) is 19.8. The lowest BCUT2D eigenvalue weighted by Gasteiger charge is -2.40. The second kappa shape index (κ2) is 10.3. The van der Waals surface area contributed by atoms with Crippen LogP contribution in [0.25, 0.3) is 0 Å². The zero-order valence-electron chi connectivity index (χ0n) is 15.6. The Labute approximate surface area is 173 Å². The lowest BCUT2D eigenvalue weighted by atomic mass is 9.99. The molecule has 2 aromatic carbocycles. The molecular weight excluding hydrogens is 422 g/mol. The number of hydrogen-bond acceptors (Lipinski definition) is 4. The van der Waals surface area contributed by atoms with E-state index in [2.05, 4.69) is 15.9 Å². The molecule has 0 unspecified atom stereocenters. The fourth-order valence-corrected chi connectivity index (χ4v) is 3.73. The Balaban J connectivity index is 1.80. The molecule has 0 radical (unpaired) electrons. The molecule has 0 N–H and O–H groups in total. The fraction of sp³-hybridized carbons (Fsp3) is 0.364. The largest absolute Gasteiger partial charge is 0.462 e. The average Bonchev–Trinajstić information content (AvgIpc) is 2.74. The van der Waals surface area contributed by atoms with Gasteiger partial charge in [0, 0.05) is 5.33 Å². The van der Waals surface area contributed by atoms with Crippen LogP contribution >= 0.6 is 15.9 Å². The number of unbranched alkanes of at least 4 members (excludes halogenated alkanes) is 1. The van der Waals surface area contributed by atoms with E-state index >= 15 is 0 Å². The quantitative estimate of drug-likeness (QED) is 0.347. The Kier molecular flexibility index (Phi) is 7.48. The summed E-state index contributed by atoms with van der Waals surface area (Å²) < 4.78 is 11.0. The van der Waals surface area contributed by atoms with Gasteiger partial charge in [0.05, 0.1) is 6.04 Å². The van der Waals surface area contributed by atoms with E-state index in [1.165, 1.54) is 0 Å². The molecule has 1 amide bonds. The maximum absolute atomic E-state index is 13.0. The first kappa shape index (κ1) is 20.4. The summed E-state index contributed by atoms with van der Waals surface area (Å²) >= 11 is 3.41. The first-order valence-corrected chi connectivity index (χ1v) is 10.6. The monoisotopic (exact) mass is 445 g/mol. The molecule has 1 aliphatic heterocycles. The third kappa shape index (κ3) is 5.13. The van der Waals surface area contributed by atoms with E-state index in [0.717, 1.165) is 29.3 Å². The Hall–Kier alpha value is -2.34. The first-order valence-electron chi connectivity index (χ1n) is 9.47. The lowest BCUT2D eigenvalue weighted by Crippen LogP contribution is -2.53. The molecule has 2 atom stereocenters. The SMILES string of the molecule is O=C1OC[C@@H](c2ccccc2)N(C(=O)OCc2ccccc2)[C@@H]1CCCCBr. The number of cyclic esters (lactones) is 1. The van der Waals surface area contributed by atoms with E-state index in [1.807, 2.05) is 60.7 Å². The first-order chi connectivity index (χ1) is 13.7. The van der Waals surface area contributed by atoms with Crippen molar-refractivity contribution in [3.63, 3.8) is 0 Å². The number of hydrogen-bond donors (Lipinski definition) is 0. The molecule has 0 aliphatic carbocycles. The van der Waals surface area contributed by atoms with Gasteiger partial charge in [-0.05, 0) is 30.4 Å². The van der Waals surface area contributed by atoms with Crippen molar-refractivity contribution < 1.29 is 19.1 Å². The molecule has 1 fully saturated rings. The molecule has 5 nitrogen and oxygen atoms in total. The maximum atomic E-state index is 13.0. The molecule has 6 heteroatoms. The van der Waals surface area contributed by atoms with Crippen LogP contribution in [0.3, 0.4) is 0 Å². The van der Waals surface area contributed by atoms with Crippen molar-refractivity contribution in [1.82, 2.24) is 4.90 Å². The molecule has 0 bridgehead atoms. The van der Waals surface area contributed by atoms with Gasteiger partial charge in [0.1, 0.15) is 19.3 Å². The molecular formula is C22H24BrNO4. The second-order valence-electron chi connectivity index (χ2n) is 6.70. The summed E-state index contributed by atoms with van der Waals surface area (Å²) in [6, 6.07) is 18.2. The molecule has 1 aliphatic rings. The van der Waals surface area contributed by atoms with Crippen molar-refractivity contribution in [2.24, 2.45) is 0 Å². The van der Waals surface area contributed by atoms with Gasteiger partial charge in [0.2, 0.25) is 0 Å². The number of alkyl halides is 1. The van der Waals surface area contributed by atoms with Crippen LogP contribution in [0.5, 0.6) is 0 Å². The number of halogens is 1. The van der Waals surface area contributed by atoms with E-state index in [-0.39, 0.29) is 25.2 Å². The summed E-state index contributed by atoms with van der Waals surface area (Å²) in [5.41, 5.74) is 1.83. The highest BCUT2D eigenvalue weighted by atomic mass is 79.9. The van der Waals surface area contributed by atoms with Gasteiger partial charge in [-0.3, -0.25) is 4.90 Å². The number of morpholine rings is 1. The van der Waals surface area contributed by atoms with E-state index in [0.29, 0.717) is 6.42 Å². The Morgan fingerprint density at radius 1 is 1.07 bits per heavy atom. The van der Waals surface area contributed by atoms with Crippen LogP contribution in [0, 0.1) is 0 Å². The summed E-state index contributed by atoms with van der Waals surface area (Å²) in [5.74, 6) is -0.363. The minimum Gasteiger partial charge on any atom is -0.462 e. The molecule has 28 heavy (non-hydrogen) atoms. The third-order valence-corrected chi connectivity index (χ3v) is 5.35. The zero-order valence-corrected chi connectivity index (χ0v) is 17.2. The molecule has 2 aromatic rings. The van der Waals surface area contributed by atoms with Crippen molar-refractivity contribution >= 4 is 28.0 Å². The lowest BCUT2D eigenvalue weighted by molar-refractivity contribution is -0.161. The molecule has 0 aromatic heterocycles. The van der Waals surface area contributed by atoms with Crippen molar-refractivity contribution in [2.45, 2.75) is 38.0 Å². The third-order valence-electron chi connectivity index (χ3n) is 4.79. The van der Waals surface area contributed by atoms with E-state index in [1.54, 1.807) is 4.90 Å². The van der Waals surface area contributed by atoms with Crippen LogP contribution in [0.2, 0.25) is 0 Å². The number of nitrogens with zero attached hydrogens (tertiary/aromatic N) is 1. The van der Waals surface area contributed by atoms with Crippen molar-refractivity contribution in [3.05, 3.63) is 71.8 Å². The second-order valence-corrected chi connectivity index (χ2v) is 7.50. The highest BCUT2D eigenvalue weighted by Crippen LogP contribution is 2.31. The number of esters is 1. The van der Waals surface area contributed by atoms with Gasteiger partial charge >= 0.3 is 12.1 Å². The number of ether oxygens (including phenoxy) is 2. The van der Waals surface area contributed by atoms with Crippen molar-refractivity contribution in [3.8, 4) is 0 Å². The van der Waals surface area contributed by atoms with Gasteiger partial charge < -0.3 is 9.47 Å². The average molecular weight is 446 g/mol. The minimum absolute atomic E-state index is 0.137. The summed E-state index contributed by atoms with van der Waals surface area (Å²) in [7, 11) is 0. The minimum atomic E-state index is -0.638. The maximum Gasteiger partial charge on any atom is 0.411 e. The number of amides is 1. The van der Waals surface area contributed by atoms with Crippen LogP contribution < -0.4 is 0 Å². The predicted molar refractivity (Wildman–Crippen MR) is 110 cm³/mol. The van der Waals surface area contributed by atoms with E-state index in [4.69, 9.17) is 9.47 Å². The van der Waals surface area contributed by atoms with Crippen LogP contribution in [0.4, 0.5) is 4.79 Å². The Bertz CT molecular complexity index is 769. The van der Waals surface area contributed by atoms with Crippen molar-refractivity contribution in [1.29, 1.82) is 0 Å². The summed E-state index contributed by atoms with van der Waals surface area (Å²) in [4.78, 5) is 27.1. The summed E-state index contributed by atoms with van der Waals surface area (Å²) in [6.45, 7) is 0.305. The normalized spacial score (nSPS) is 19.2. The van der Waals surface area contributed by atoms with Gasteiger partial charge in [-0.15, -0.1) is 0 Å². The Morgan fingerprint density at radius 3 is 2.43 bits per heavy atom. The van der Waals surface area contributed by atoms with Crippen LogP contribution in [-0.2, 0) is 20.9 Å². The molecule has 1 heterocycles. The molecule has 0 spiro atoms. The van der Waals surface area contributed by atoms with E-state index in [9.17, 15) is 9.59 Å². The van der Waals surface area contributed by atoms with Gasteiger partial charge in [-0.1, -0.05) is 76.6 Å². The van der Waals surface area contributed by atoms with Gasteiger partial charge in [0.25, 0.3) is 0 Å². The highest BCUT2D eigenvalue weighted by molar-refractivity contribution is 9.09. The van der Waals surface area contributed by atoms with Crippen LogP contribution in [-0.4, -0.2) is 34.9 Å². The Morgan fingerprint density at radius 2 is 1.75 bits per heavy atom. The fourth-order valence-electron chi connectivity index (χ4n) is 3.34. The molecule has 0 saturated carbocycles. The van der Waals surface area contributed by atoms with Gasteiger partial charge in [-0.2, -0.15) is 0 Å².